The smallest absolute Gasteiger partial charge is 0.254 e. The van der Waals surface area contributed by atoms with E-state index in [0.717, 1.165) is 35.9 Å². The van der Waals surface area contributed by atoms with Gasteiger partial charge in [0.05, 0.1) is 11.6 Å². The van der Waals surface area contributed by atoms with Crippen LogP contribution in [0.1, 0.15) is 34.8 Å². The second kappa shape index (κ2) is 6.11. The topological polar surface area (TPSA) is 49.0 Å². The number of aromatic amines is 1. The first-order chi connectivity index (χ1) is 11.6. The number of hydrogen-bond acceptors (Lipinski definition) is 2. The molecule has 1 aliphatic rings. The zero-order chi connectivity index (χ0) is 16.7. The molecule has 1 saturated heterocycles. The molecule has 1 amide bonds. The number of amides is 1. The van der Waals surface area contributed by atoms with Gasteiger partial charge in [-0.2, -0.15) is 5.10 Å². The molecular formula is C18H15Cl2N3O. The number of aromatic nitrogens is 2. The van der Waals surface area contributed by atoms with E-state index in [2.05, 4.69) is 10.2 Å². The van der Waals surface area contributed by atoms with Crippen molar-refractivity contribution in [3.63, 3.8) is 0 Å². The number of likely N-dealkylation sites (tertiary alicyclic amines) is 1. The van der Waals surface area contributed by atoms with Crippen molar-refractivity contribution in [2.75, 3.05) is 6.54 Å². The highest BCUT2D eigenvalue weighted by molar-refractivity contribution is 6.34. The van der Waals surface area contributed by atoms with E-state index in [1.165, 1.54) is 0 Å². The van der Waals surface area contributed by atoms with Crippen LogP contribution in [-0.2, 0) is 0 Å². The summed E-state index contributed by atoms with van der Waals surface area (Å²) in [5.74, 6) is 0.0200. The summed E-state index contributed by atoms with van der Waals surface area (Å²) in [5.41, 5.74) is 2.51. The van der Waals surface area contributed by atoms with Crippen LogP contribution in [0.25, 0.3) is 10.9 Å². The summed E-state index contributed by atoms with van der Waals surface area (Å²) in [6.07, 6.45) is 1.95. The zero-order valence-electron chi connectivity index (χ0n) is 12.8. The summed E-state index contributed by atoms with van der Waals surface area (Å²) >= 11 is 12.1. The molecule has 0 spiro atoms. The Balaban J connectivity index is 1.66. The van der Waals surface area contributed by atoms with Crippen LogP contribution in [-0.4, -0.2) is 27.5 Å². The van der Waals surface area contributed by atoms with Gasteiger partial charge in [-0.15, -0.1) is 0 Å². The number of H-pyrrole nitrogens is 1. The maximum absolute atomic E-state index is 13.0. The molecule has 24 heavy (non-hydrogen) atoms. The molecule has 122 valence electrons. The van der Waals surface area contributed by atoms with Crippen LogP contribution in [0.4, 0.5) is 0 Å². The summed E-state index contributed by atoms with van der Waals surface area (Å²) in [4.78, 5) is 14.9. The van der Waals surface area contributed by atoms with E-state index >= 15 is 0 Å². The summed E-state index contributed by atoms with van der Waals surface area (Å²) in [5, 5.41) is 8.75. The van der Waals surface area contributed by atoms with Gasteiger partial charge in [0.1, 0.15) is 5.15 Å². The average Bonchev–Trinajstić information content (AvgIpc) is 3.22. The van der Waals surface area contributed by atoms with Gasteiger partial charge in [0, 0.05) is 22.5 Å². The molecule has 1 aromatic heterocycles. The maximum atomic E-state index is 13.0. The van der Waals surface area contributed by atoms with Crippen molar-refractivity contribution >= 4 is 40.0 Å². The van der Waals surface area contributed by atoms with Crippen LogP contribution in [0, 0.1) is 0 Å². The number of carbonyl (C=O) groups excluding carboxylic acids is 1. The highest BCUT2D eigenvalue weighted by atomic mass is 35.5. The number of fused-ring (bicyclic) bond motifs is 1. The molecule has 3 aromatic rings. The second-order valence-corrected chi connectivity index (χ2v) is 6.79. The Bertz CT molecular complexity index is 904. The van der Waals surface area contributed by atoms with Crippen LogP contribution < -0.4 is 0 Å². The first-order valence-electron chi connectivity index (χ1n) is 7.83. The van der Waals surface area contributed by atoms with E-state index in [4.69, 9.17) is 23.2 Å². The zero-order valence-corrected chi connectivity index (χ0v) is 14.3. The van der Waals surface area contributed by atoms with Gasteiger partial charge in [-0.3, -0.25) is 9.89 Å². The highest BCUT2D eigenvalue weighted by Gasteiger charge is 2.30. The van der Waals surface area contributed by atoms with Gasteiger partial charge in [0.2, 0.25) is 0 Å². The molecular weight excluding hydrogens is 345 g/mol. The molecule has 1 N–H and O–H groups in total. The van der Waals surface area contributed by atoms with Crippen LogP contribution in [0.15, 0.2) is 42.5 Å². The number of hydrogen-bond donors (Lipinski definition) is 1. The predicted octanol–water partition coefficient (Wildman–Crippen LogP) is 4.85. The van der Waals surface area contributed by atoms with Crippen molar-refractivity contribution in [3.05, 3.63) is 63.8 Å². The number of rotatable bonds is 2. The predicted molar refractivity (Wildman–Crippen MR) is 95.6 cm³/mol. The molecule has 1 atom stereocenters. The largest absolute Gasteiger partial charge is 0.332 e. The lowest BCUT2D eigenvalue weighted by Crippen LogP contribution is -2.30. The third-order valence-corrected chi connectivity index (χ3v) is 5.06. The molecule has 1 aliphatic heterocycles. The number of nitrogens with one attached hydrogen (secondary N) is 1. The standard InChI is InChI=1S/C18H15Cl2N3O/c19-13-6-3-11(4-7-13)16-2-1-9-23(16)18(24)12-5-8-15-14(10-12)17(20)22-21-15/h3-8,10,16H,1-2,9H2,(H,21,22)/t16-/m0/s1. The first kappa shape index (κ1) is 15.5. The molecule has 0 bridgehead atoms. The third kappa shape index (κ3) is 2.66. The Morgan fingerprint density at radius 2 is 1.96 bits per heavy atom. The van der Waals surface area contributed by atoms with Gasteiger partial charge < -0.3 is 4.90 Å². The molecule has 0 aliphatic carbocycles. The summed E-state index contributed by atoms with van der Waals surface area (Å²) in [6.45, 7) is 0.753. The van der Waals surface area contributed by atoms with Crippen molar-refractivity contribution in [1.29, 1.82) is 0 Å². The van der Waals surface area contributed by atoms with Crippen molar-refractivity contribution in [2.45, 2.75) is 18.9 Å². The molecule has 1 fully saturated rings. The molecule has 2 aromatic carbocycles. The van der Waals surface area contributed by atoms with E-state index in [9.17, 15) is 4.79 Å². The van der Waals surface area contributed by atoms with E-state index in [1.54, 1.807) is 12.1 Å². The first-order valence-corrected chi connectivity index (χ1v) is 8.59. The van der Waals surface area contributed by atoms with Crippen molar-refractivity contribution in [2.24, 2.45) is 0 Å². The SMILES string of the molecule is O=C(c1ccc2n[nH]c(Cl)c2c1)N1CCC[C@H]1c1ccc(Cl)cc1. The lowest BCUT2D eigenvalue weighted by Gasteiger charge is -2.25. The lowest BCUT2D eigenvalue weighted by molar-refractivity contribution is 0.0736. The highest BCUT2D eigenvalue weighted by Crippen LogP contribution is 2.34. The molecule has 0 radical (unpaired) electrons. The van der Waals surface area contributed by atoms with Gasteiger partial charge >= 0.3 is 0 Å². The number of benzene rings is 2. The Kier molecular flexibility index (Phi) is 3.94. The fourth-order valence-corrected chi connectivity index (χ4v) is 3.64. The molecule has 2 heterocycles. The van der Waals surface area contributed by atoms with Crippen LogP contribution in [0.3, 0.4) is 0 Å². The minimum Gasteiger partial charge on any atom is -0.332 e. The minimum absolute atomic E-state index is 0.0200. The van der Waals surface area contributed by atoms with E-state index in [-0.39, 0.29) is 11.9 Å². The van der Waals surface area contributed by atoms with Crippen LogP contribution >= 0.6 is 23.2 Å². The normalized spacial score (nSPS) is 17.6. The van der Waals surface area contributed by atoms with Crippen molar-refractivity contribution in [3.8, 4) is 0 Å². The second-order valence-electron chi connectivity index (χ2n) is 5.98. The molecule has 4 nitrogen and oxygen atoms in total. The van der Waals surface area contributed by atoms with E-state index < -0.39 is 0 Å². The van der Waals surface area contributed by atoms with Crippen LogP contribution in [0.5, 0.6) is 0 Å². The number of nitrogens with zero attached hydrogens (tertiary/aromatic N) is 2. The summed E-state index contributed by atoms with van der Waals surface area (Å²) < 4.78 is 0. The average molecular weight is 360 g/mol. The van der Waals surface area contributed by atoms with Gasteiger partial charge in [-0.05, 0) is 48.7 Å². The van der Waals surface area contributed by atoms with Crippen molar-refractivity contribution in [1.82, 2.24) is 15.1 Å². The summed E-state index contributed by atoms with van der Waals surface area (Å²) in [6, 6.07) is 13.2. The Morgan fingerprint density at radius 3 is 2.75 bits per heavy atom. The minimum atomic E-state index is 0.0200. The van der Waals surface area contributed by atoms with Gasteiger partial charge in [0.15, 0.2) is 0 Å². The van der Waals surface area contributed by atoms with Gasteiger partial charge in [-0.1, -0.05) is 35.3 Å². The number of carbonyl (C=O) groups is 1. The van der Waals surface area contributed by atoms with E-state index in [0.29, 0.717) is 15.7 Å². The molecule has 0 unspecified atom stereocenters. The van der Waals surface area contributed by atoms with Crippen molar-refractivity contribution < 1.29 is 4.79 Å². The Morgan fingerprint density at radius 1 is 1.17 bits per heavy atom. The molecule has 4 rings (SSSR count). The maximum Gasteiger partial charge on any atom is 0.254 e. The van der Waals surface area contributed by atoms with Gasteiger partial charge in [-0.25, -0.2) is 0 Å². The fraction of sp³-hybridized carbons (Fsp3) is 0.222. The monoisotopic (exact) mass is 359 g/mol. The quantitative estimate of drug-likeness (QED) is 0.710. The van der Waals surface area contributed by atoms with Gasteiger partial charge in [0.25, 0.3) is 5.91 Å². The molecule has 0 saturated carbocycles. The number of halogens is 2. The summed E-state index contributed by atoms with van der Waals surface area (Å²) in [7, 11) is 0. The lowest BCUT2D eigenvalue weighted by atomic mass is 10.0. The Labute approximate surface area is 149 Å². The van der Waals surface area contributed by atoms with Crippen LogP contribution in [0.2, 0.25) is 10.2 Å². The van der Waals surface area contributed by atoms with E-state index in [1.807, 2.05) is 35.2 Å². The Hall–Kier alpha value is -2.04. The fourth-order valence-electron chi connectivity index (χ4n) is 3.32. The molecule has 6 heteroatoms. The third-order valence-electron chi connectivity index (χ3n) is 4.52.